The summed E-state index contributed by atoms with van der Waals surface area (Å²) in [7, 11) is 2.01. The Kier molecular flexibility index (Phi) is 6.32. The van der Waals surface area contributed by atoms with Crippen LogP contribution in [0.2, 0.25) is 0 Å². The van der Waals surface area contributed by atoms with E-state index in [1.54, 1.807) is 19.2 Å². The Bertz CT molecular complexity index is 907. The SMILES string of the molecule is CCCc1c(C(=O)N2CC[C@@H](N(C)Cc3nccc(N)n3)C2)[nH]c(C)c1C(C)=O. The highest BCUT2D eigenvalue weighted by Gasteiger charge is 2.32. The summed E-state index contributed by atoms with van der Waals surface area (Å²) in [4.78, 5) is 41.0. The smallest absolute Gasteiger partial charge is 0.270 e. The molecular formula is C21H30N6O2. The molecule has 0 saturated carbocycles. The molecule has 0 radical (unpaired) electrons. The van der Waals surface area contributed by atoms with Crippen molar-refractivity contribution in [2.45, 2.75) is 52.6 Å². The van der Waals surface area contributed by atoms with Crippen molar-refractivity contribution < 1.29 is 9.59 Å². The quantitative estimate of drug-likeness (QED) is 0.692. The van der Waals surface area contributed by atoms with Crippen LogP contribution in [0, 0.1) is 6.92 Å². The number of ketones is 1. The fraction of sp³-hybridized carbons (Fsp3) is 0.524. The van der Waals surface area contributed by atoms with Gasteiger partial charge in [0.05, 0.1) is 6.54 Å². The number of likely N-dealkylation sites (N-methyl/N-ethyl adjacent to an activating group) is 1. The van der Waals surface area contributed by atoms with Crippen LogP contribution in [0.15, 0.2) is 12.3 Å². The number of nitrogens with two attached hydrogens (primary N) is 1. The Hall–Kier alpha value is -2.74. The molecule has 1 atom stereocenters. The third-order valence-electron chi connectivity index (χ3n) is 5.55. The molecule has 8 nitrogen and oxygen atoms in total. The van der Waals surface area contributed by atoms with E-state index >= 15 is 0 Å². The zero-order valence-corrected chi connectivity index (χ0v) is 17.7. The van der Waals surface area contributed by atoms with Gasteiger partial charge in [0.25, 0.3) is 5.91 Å². The maximum Gasteiger partial charge on any atom is 0.270 e. The average molecular weight is 399 g/mol. The number of aromatic amines is 1. The minimum absolute atomic E-state index is 0.00224. The number of aromatic nitrogens is 3. The summed E-state index contributed by atoms with van der Waals surface area (Å²) >= 11 is 0. The molecule has 0 spiro atoms. The van der Waals surface area contributed by atoms with Gasteiger partial charge >= 0.3 is 0 Å². The number of Topliss-reactive ketones (excluding diaryl/α,β-unsaturated/α-hetero) is 1. The Balaban J connectivity index is 1.72. The first-order chi connectivity index (χ1) is 13.8. The fourth-order valence-electron chi connectivity index (χ4n) is 4.12. The van der Waals surface area contributed by atoms with Crippen LogP contribution in [0.3, 0.4) is 0 Å². The van der Waals surface area contributed by atoms with E-state index in [1.807, 2.05) is 18.9 Å². The summed E-state index contributed by atoms with van der Waals surface area (Å²) in [5.41, 5.74) is 8.60. The van der Waals surface area contributed by atoms with Gasteiger partial charge in [-0.25, -0.2) is 9.97 Å². The van der Waals surface area contributed by atoms with Gasteiger partial charge < -0.3 is 15.6 Å². The largest absolute Gasteiger partial charge is 0.384 e. The monoisotopic (exact) mass is 398 g/mol. The molecule has 2 aromatic heterocycles. The molecule has 0 unspecified atom stereocenters. The molecule has 156 valence electrons. The van der Waals surface area contributed by atoms with E-state index in [2.05, 4.69) is 26.8 Å². The molecule has 0 aromatic carbocycles. The Morgan fingerprint density at radius 1 is 1.41 bits per heavy atom. The second-order valence-corrected chi connectivity index (χ2v) is 7.79. The Morgan fingerprint density at radius 3 is 2.83 bits per heavy atom. The average Bonchev–Trinajstić information content (AvgIpc) is 3.27. The zero-order valence-electron chi connectivity index (χ0n) is 17.7. The van der Waals surface area contributed by atoms with E-state index in [0.717, 1.165) is 24.1 Å². The number of anilines is 1. The van der Waals surface area contributed by atoms with Gasteiger partial charge in [0.1, 0.15) is 17.3 Å². The molecule has 1 saturated heterocycles. The van der Waals surface area contributed by atoms with E-state index in [4.69, 9.17) is 5.73 Å². The number of hydrogen-bond acceptors (Lipinski definition) is 6. The van der Waals surface area contributed by atoms with Crippen molar-refractivity contribution in [3.8, 4) is 0 Å². The van der Waals surface area contributed by atoms with Crippen LogP contribution >= 0.6 is 0 Å². The molecular weight excluding hydrogens is 368 g/mol. The lowest BCUT2D eigenvalue weighted by Gasteiger charge is -2.24. The summed E-state index contributed by atoms with van der Waals surface area (Å²) in [6.07, 6.45) is 4.13. The molecule has 29 heavy (non-hydrogen) atoms. The Labute approximate surface area is 171 Å². The molecule has 1 aliphatic heterocycles. The number of rotatable bonds is 7. The van der Waals surface area contributed by atoms with Crippen LogP contribution in [-0.2, 0) is 13.0 Å². The highest BCUT2D eigenvalue weighted by molar-refractivity contribution is 6.02. The van der Waals surface area contributed by atoms with Gasteiger partial charge in [0.15, 0.2) is 5.78 Å². The molecule has 1 aliphatic rings. The van der Waals surface area contributed by atoms with E-state index in [-0.39, 0.29) is 17.7 Å². The number of carbonyl (C=O) groups is 2. The minimum atomic E-state index is -0.0276. The topological polar surface area (TPSA) is 108 Å². The number of nitrogen functional groups attached to an aromatic ring is 1. The summed E-state index contributed by atoms with van der Waals surface area (Å²) < 4.78 is 0. The van der Waals surface area contributed by atoms with Crippen LogP contribution < -0.4 is 5.73 Å². The third-order valence-corrected chi connectivity index (χ3v) is 5.55. The number of hydrogen-bond donors (Lipinski definition) is 2. The summed E-state index contributed by atoms with van der Waals surface area (Å²) in [5.74, 6) is 1.11. The Morgan fingerprint density at radius 2 is 2.17 bits per heavy atom. The van der Waals surface area contributed by atoms with Crippen molar-refractivity contribution in [3.63, 3.8) is 0 Å². The molecule has 8 heteroatoms. The van der Waals surface area contributed by atoms with Gasteiger partial charge in [-0.05, 0) is 45.4 Å². The lowest BCUT2D eigenvalue weighted by atomic mass is 10.0. The summed E-state index contributed by atoms with van der Waals surface area (Å²) in [6.45, 7) is 7.37. The standard InChI is InChI=1S/C21H30N6O2/c1-5-6-16-19(14(3)28)13(2)24-20(16)21(29)27-10-8-15(11-27)26(4)12-18-23-9-7-17(22)25-18/h7,9,15,24H,5-6,8,10-12H2,1-4H3,(H2,22,23,25)/t15-/m1/s1. The molecule has 3 heterocycles. The number of nitrogens with one attached hydrogen (secondary N) is 1. The highest BCUT2D eigenvalue weighted by Crippen LogP contribution is 2.25. The second kappa shape index (κ2) is 8.73. The van der Waals surface area contributed by atoms with Crippen molar-refractivity contribution in [3.05, 3.63) is 40.6 Å². The van der Waals surface area contributed by atoms with Crippen molar-refractivity contribution >= 4 is 17.5 Å². The molecule has 0 aliphatic carbocycles. The number of amides is 1. The van der Waals surface area contributed by atoms with Gasteiger partial charge in [0.2, 0.25) is 0 Å². The van der Waals surface area contributed by atoms with E-state index < -0.39 is 0 Å². The summed E-state index contributed by atoms with van der Waals surface area (Å²) in [6, 6.07) is 1.89. The predicted octanol–water partition coefficient (Wildman–Crippen LogP) is 2.20. The van der Waals surface area contributed by atoms with Crippen molar-refractivity contribution in [1.82, 2.24) is 24.8 Å². The van der Waals surface area contributed by atoms with Crippen LogP contribution in [0.25, 0.3) is 0 Å². The molecule has 3 N–H and O–H groups in total. The molecule has 3 rings (SSSR count). The maximum absolute atomic E-state index is 13.2. The lowest BCUT2D eigenvalue weighted by Crippen LogP contribution is -2.37. The number of likely N-dealkylation sites (tertiary alicyclic amines) is 1. The van der Waals surface area contributed by atoms with Crippen LogP contribution in [0.1, 0.15) is 64.6 Å². The van der Waals surface area contributed by atoms with Gasteiger partial charge in [-0.1, -0.05) is 13.3 Å². The van der Waals surface area contributed by atoms with Crippen molar-refractivity contribution in [1.29, 1.82) is 0 Å². The molecule has 1 amide bonds. The molecule has 0 bridgehead atoms. The number of carbonyl (C=O) groups excluding carboxylic acids is 2. The van der Waals surface area contributed by atoms with E-state index in [0.29, 0.717) is 49.0 Å². The van der Waals surface area contributed by atoms with Crippen LogP contribution in [0.4, 0.5) is 5.82 Å². The predicted molar refractivity (Wildman–Crippen MR) is 112 cm³/mol. The van der Waals surface area contributed by atoms with Crippen LogP contribution in [0.5, 0.6) is 0 Å². The van der Waals surface area contributed by atoms with Crippen LogP contribution in [-0.4, -0.2) is 62.6 Å². The van der Waals surface area contributed by atoms with E-state index in [9.17, 15) is 9.59 Å². The molecule has 2 aromatic rings. The van der Waals surface area contributed by atoms with Gasteiger partial charge in [0, 0.05) is 36.6 Å². The number of H-pyrrole nitrogens is 1. The first-order valence-electron chi connectivity index (χ1n) is 10.1. The minimum Gasteiger partial charge on any atom is -0.384 e. The van der Waals surface area contributed by atoms with Gasteiger partial charge in [-0.2, -0.15) is 0 Å². The van der Waals surface area contributed by atoms with Gasteiger partial charge in [-0.3, -0.25) is 14.5 Å². The first-order valence-corrected chi connectivity index (χ1v) is 10.1. The third kappa shape index (κ3) is 4.48. The normalized spacial score (nSPS) is 16.6. The zero-order chi connectivity index (χ0) is 21.1. The molecule has 1 fully saturated rings. The van der Waals surface area contributed by atoms with Gasteiger partial charge in [-0.15, -0.1) is 0 Å². The van der Waals surface area contributed by atoms with Crippen molar-refractivity contribution in [2.75, 3.05) is 25.9 Å². The second-order valence-electron chi connectivity index (χ2n) is 7.79. The summed E-state index contributed by atoms with van der Waals surface area (Å²) in [5, 5.41) is 0. The fourth-order valence-corrected chi connectivity index (χ4v) is 4.12. The highest BCUT2D eigenvalue weighted by atomic mass is 16.2. The number of nitrogens with zero attached hydrogens (tertiary/aromatic N) is 4. The number of aryl methyl sites for hydroxylation is 1. The van der Waals surface area contributed by atoms with E-state index in [1.165, 1.54) is 0 Å². The first kappa shape index (κ1) is 21.0. The maximum atomic E-state index is 13.2. The van der Waals surface area contributed by atoms with Crippen molar-refractivity contribution in [2.24, 2.45) is 0 Å². The lowest BCUT2D eigenvalue weighted by molar-refractivity contribution is 0.0773.